The summed E-state index contributed by atoms with van der Waals surface area (Å²) in [6.07, 6.45) is 2.53. The summed E-state index contributed by atoms with van der Waals surface area (Å²) in [5.41, 5.74) is 0.449. The number of rotatable bonds is 11. The van der Waals surface area contributed by atoms with Crippen LogP contribution in [0.5, 0.6) is 11.5 Å². The Morgan fingerprint density at radius 3 is 2.34 bits per heavy atom. The highest BCUT2D eigenvalue weighted by Gasteiger charge is 2.25. The molecule has 0 aliphatic carbocycles. The van der Waals surface area contributed by atoms with Crippen LogP contribution >= 0.6 is 0 Å². The molecule has 12 nitrogen and oxygen atoms in total. The highest BCUT2D eigenvalue weighted by Crippen LogP contribution is 2.31. The van der Waals surface area contributed by atoms with E-state index >= 15 is 0 Å². The summed E-state index contributed by atoms with van der Waals surface area (Å²) >= 11 is 0. The van der Waals surface area contributed by atoms with Gasteiger partial charge in [-0.15, -0.1) is 10.2 Å². The molecule has 3 heterocycles. The molecule has 2 aliphatic rings. The summed E-state index contributed by atoms with van der Waals surface area (Å²) in [6.45, 7) is 5.42. The number of carbonyl (C=O) groups is 2. The average Bonchev–Trinajstić information content (AvgIpc) is 3.48. The van der Waals surface area contributed by atoms with Gasteiger partial charge in [0.05, 0.1) is 20.3 Å². The third kappa shape index (κ3) is 7.07. The lowest BCUT2D eigenvalue weighted by atomic mass is 10.2. The fourth-order valence-electron chi connectivity index (χ4n) is 4.62. The average molecular weight is 529 g/mol. The van der Waals surface area contributed by atoms with Crippen molar-refractivity contribution in [3.63, 3.8) is 0 Å². The number of hydrogen-bond acceptors (Lipinski definition) is 9. The monoisotopic (exact) mass is 528 g/mol. The lowest BCUT2D eigenvalue weighted by Gasteiger charge is -2.35. The summed E-state index contributed by atoms with van der Waals surface area (Å²) in [7, 11) is 3.13. The Kier molecular flexibility index (Phi) is 9.66. The second-order valence-corrected chi connectivity index (χ2v) is 9.40. The van der Waals surface area contributed by atoms with Gasteiger partial charge in [-0.1, -0.05) is 0 Å². The molecule has 1 aromatic carbocycles. The molecule has 2 amide bonds. The number of hydrogen-bond donors (Lipinski definition) is 1. The van der Waals surface area contributed by atoms with E-state index in [0.717, 1.165) is 25.9 Å². The molecule has 12 heteroatoms. The highest BCUT2D eigenvalue weighted by atomic mass is 16.5. The van der Waals surface area contributed by atoms with E-state index in [4.69, 9.17) is 14.2 Å². The minimum Gasteiger partial charge on any atom is -0.493 e. The Balaban J connectivity index is 1.27. The molecule has 0 unspecified atom stereocenters. The second kappa shape index (κ2) is 13.3. The number of nitrogens with zero attached hydrogens (tertiary/aromatic N) is 5. The van der Waals surface area contributed by atoms with Crippen LogP contribution in [0, 0.1) is 0 Å². The number of carbonyl (C=O) groups excluding carboxylic acids is 2. The molecule has 0 atom stereocenters. The van der Waals surface area contributed by atoms with Crippen molar-refractivity contribution in [1.82, 2.24) is 29.9 Å². The molecule has 1 aromatic heterocycles. The Morgan fingerprint density at radius 2 is 1.66 bits per heavy atom. The molecule has 1 N–H and O–H groups in total. The minimum atomic E-state index is -0.382. The smallest absolute Gasteiger partial charge is 0.273 e. The maximum atomic E-state index is 12.7. The Morgan fingerprint density at radius 1 is 0.921 bits per heavy atom. The van der Waals surface area contributed by atoms with Crippen LogP contribution < -0.4 is 15.0 Å². The predicted molar refractivity (Wildman–Crippen MR) is 139 cm³/mol. The van der Waals surface area contributed by atoms with Crippen LogP contribution in [0.15, 0.2) is 23.0 Å². The van der Waals surface area contributed by atoms with Crippen molar-refractivity contribution in [3.05, 3.63) is 34.2 Å². The summed E-state index contributed by atoms with van der Waals surface area (Å²) in [5, 5.41) is 8.25. The molecule has 4 rings (SSSR count). The van der Waals surface area contributed by atoms with Crippen LogP contribution in [0.25, 0.3) is 11.4 Å². The van der Waals surface area contributed by atoms with E-state index in [9.17, 15) is 14.4 Å². The summed E-state index contributed by atoms with van der Waals surface area (Å²) in [4.78, 5) is 46.3. The molecule has 206 valence electrons. The molecule has 2 aliphatic heterocycles. The number of likely N-dealkylation sites (tertiary alicyclic amines) is 1. The van der Waals surface area contributed by atoms with Crippen molar-refractivity contribution in [3.8, 4) is 22.9 Å². The predicted octanol–water partition coefficient (Wildman–Crippen LogP) is 0.565. The number of benzene rings is 1. The number of methoxy groups -OCH3 is 2. The van der Waals surface area contributed by atoms with Gasteiger partial charge in [-0.2, -0.15) is 0 Å². The zero-order valence-electron chi connectivity index (χ0n) is 22.1. The van der Waals surface area contributed by atoms with E-state index in [1.807, 2.05) is 4.90 Å². The first-order chi connectivity index (χ1) is 18.5. The number of amides is 2. The SMILES string of the molecule is COCCOc1ccc(-c2nnc(CCC(=O)N3CCN(CC(=O)N4CCCC4)CC3)c(=O)[nH]2)cc1OC. The van der Waals surface area contributed by atoms with E-state index in [0.29, 0.717) is 68.8 Å². The number of ether oxygens (including phenoxy) is 3. The number of aromatic nitrogens is 3. The Hall–Kier alpha value is -3.51. The van der Waals surface area contributed by atoms with Crippen molar-refractivity contribution in [2.24, 2.45) is 0 Å². The fourth-order valence-corrected chi connectivity index (χ4v) is 4.62. The molecular weight excluding hydrogens is 492 g/mol. The van der Waals surface area contributed by atoms with Crippen LogP contribution in [0.3, 0.4) is 0 Å². The third-order valence-electron chi connectivity index (χ3n) is 6.87. The normalized spacial score (nSPS) is 16.1. The number of aromatic amines is 1. The van der Waals surface area contributed by atoms with E-state index in [2.05, 4.69) is 20.1 Å². The zero-order chi connectivity index (χ0) is 26.9. The van der Waals surface area contributed by atoms with Gasteiger partial charge in [-0.3, -0.25) is 19.3 Å². The Bertz CT molecular complexity index is 1160. The Labute approximate surface area is 221 Å². The van der Waals surface area contributed by atoms with E-state index in [1.165, 1.54) is 7.11 Å². The van der Waals surface area contributed by atoms with Gasteiger partial charge in [-0.25, -0.2) is 0 Å². The molecule has 0 spiro atoms. The van der Waals surface area contributed by atoms with Gasteiger partial charge < -0.3 is 29.0 Å². The van der Waals surface area contributed by atoms with E-state index < -0.39 is 0 Å². The molecular formula is C26H36N6O6. The largest absolute Gasteiger partial charge is 0.493 e. The van der Waals surface area contributed by atoms with Crippen molar-refractivity contribution in [2.45, 2.75) is 25.7 Å². The van der Waals surface area contributed by atoms with Crippen LogP contribution in [-0.2, 0) is 20.7 Å². The first-order valence-corrected chi connectivity index (χ1v) is 13.0. The lowest BCUT2D eigenvalue weighted by Crippen LogP contribution is -2.51. The van der Waals surface area contributed by atoms with Gasteiger partial charge in [0.25, 0.3) is 5.56 Å². The van der Waals surface area contributed by atoms with Crippen LogP contribution in [-0.4, -0.2) is 115 Å². The summed E-state index contributed by atoms with van der Waals surface area (Å²) < 4.78 is 16.0. The van der Waals surface area contributed by atoms with Gasteiger partial charge in [0.15, 0.2) is 17.3 Å². The van der Waals surface area contributed by atoms with E-state index in [-0.39, 0.29) is 35.9 Å². The number of H-pyrrole nitrogens is 1. The number of aryl methyl sites for hydroxylation is 1. The fraction of sp³-hybridized carbons (Fsp3) is 0.577. The highest BCUT2D eigenvalue weighted by molar-refractivity contribution is 5.79. The summed E-state index contributed by atoms with van der Waals surface area (Å²) in [5.74, 6) is 1.49. The van der Waals surface area contributed by atoms with Crippen molar-refractivity contribution in [1.29, 1.82) is 0 Å². The standard InChI is InChI=1S/C26H36N6O6/c1-36-15-16-38-21-7-5-19(17-22(21)37-2)25-27-26(35)20(28-29-25)6-8-23(33)32-13-11-30(12-14-32)18-24(34)31-9-3-4-10-31/h5,7,17H,3-4,6,8-16,18H2,1-2H3,(H,27,29,35). The van der Waals surface area contributed by atoms with Crippen LogP contribution in [0.2, 0.25) is 0 Å². The lowest BCUT2D eigenvalue weighted by molar-refractivity contribution is -0.134. The minimum absolute atomic E-state index is 0.0328. The first kappa shape index (κ1) is 27.5. The quantitative estimate of drug-likeness (QED) is 0.416. The maximum Gasteiger partial charge on any atom is 0.273 e. The van der Waals surface area contributed by atoms with Crippen LogP contribution in [0.1, 0.15) is 25.0 Å². The molecule has 38 heavy (non-hydrogen) atoms. The summed E-state index contributed by atoms with van der Waals surface area (Å²) in [6, 6.07) is 5.20. The van der Waals surface area contributed by atoms with Gasteiger partial charge in [0.2, 0.25) is 11.8 Å². The van der Waals surface area contributed by atoms with Gasteiger partial charge >= 0.3 is 0 Å². The molecule has 2 fully saturated rings. The zero-order valence-corrected chi connectivity index (χ0v) is 22.1. The molecule has 0 bridgehead atoms. The van der Waals surface area contributed by atoms with Gasteiger partial charge in [0.1, 0.15) is 12.3 Å². The van der Waals surface area contributed by atoms with Crippen molar-refractivity contribution >= 4 is 11.8 Å². The third-order valence-corrected chi connectivity index (χ3v) is 6.87. The van der Waals surface area contributed by atoms with Gasteiger partial charge in [0, 0.05) is 64.8 Å². The van der Waals surface area contributed by atoms with Gasteiger partial charge in [-0.05, 0) is 31.0 Å². The molecule has 0 saturated carbocycles. The van der Waals surface area contributed by atoms with Crippen molar-refractivity contribution in [2.75, 3.05) is 73.2 Å². The number of piperazine rings is 1. The van der Waals surface area contributed by atoms with Crippen molar-refractivity contribution < 1.29 is 23.8 Å². The number of nitrogens with one attached hydrogen (secondary N) is 1. The topological polar surface area (TPSA) is 130 Å². The second-order valence-electron chi connectivity index (χ2n) is 9.40. The molecule has 2 aromatic rings. The van der Waals surface area contributed by atoms with E-state index in [1.54, 1.807) is 30.2 Å². The maximum absolute atomic E-state index is 12.7. The molecule has 2 saturated heterocycles. The van der Waals surface area contributed by atoms with Crippen LogP contribution in [0.4, 0.5) is 0 Å². The molecule has 0 radical (unpaired) electrons. The first-order valence-electron chi connectivity index (χ1n) is 13.0.